The summed E-state index contributed by atoms with van der Waals surface area (Å²) in [7, 11) is 0. The number of rotatable bonds is 3. The number of carbonyl (C=O) groups is 1. The smallest absolute Gasteiger partial charge is 0.550 e. The number of hydrogen-bond acceptors (Lipinski definition) is 2. The number of halogens is 1. The maximum absolute atomic E-state index is 10.2. The average Bonchev–Trinajstić information content (AvgIpc) is 2.05. The van der Waals surface area contributed by atoms with E-state index in [1.165, 1.54) is 0 Å². The molecule has 1 rings (SSSR count). The van der Waals surface area contributed by atoms with Crippen molar-refractivity contribution in [2.45, 2.75) is 11.8 Å². The molecule has 1 aromatic carbocycles. The third kappa shape index (κ3) is 5.29. The number of aliphatic carboxylic acids is 1. The number of carboxylic acids is 1. The van der Waals surface area contributed by atoms with Crippen molar-refractivity contribution < 1.29 is 61.3 Å². The van der Waals surface area contributed by atoms with E-state index < -0.39 is 5.97 Å². The molecule has 0 unspecified atom stereocenters. The zero-order valence-corrected chi connectivity index (χ0v) is 12.1. The summed E-state index contributed by atoms with van der Waals surface area (Å²) in [6.07, 6.45) is -0.0113. The fourth-order valence-corrected chi connectivity index (χ4v) is 1.29. The van der Waals surface area contributed by atoms with Crippen molar-refractivity contribution in [1.82, 2.24) is 0 Å². The Bertz CT molecular complexity index is 271. The maximum atomic E-state index is 10.2. The van der Waals surface area contributed by atoms with Crippen LogP contribution in [-0.4, -0.2) is 5.97 Å². The molecule has 0 aromatic heterocycles. The van der Waals surface area contributed by atoms with Crippen molar-refractivity contribution in [1.29, 1.82) is 0 Å². The first kappa shape index (κ1) is 13.8. The minimum Gasteiger partial charge on any atom is -0.550 e. The van der Waals surface area contributed by atoms with E-state index in [0.29, 0.717) is 0 Å². The second kappa shape index (κ2) is 7.14. The molecule has 0 fully saturated rings. The van der Waals surface area contributed by atoms with Crippen LogP contribution in [0.5, 0.6) is 0 Å². The molecule has 0 saturated carbocycles. The van der Waals surface area contributed by atoms with Crippen LogP contribution in [0.1, 0.15) is 11.1 Å². The summed E-state index contributed by atoms with van der Waals surface area (Å²) in [5.41, 5.74) is 1.91. The SMILES string of the molecule is O=C([O-])Cc1ccc(CBr)cc1.[K+]. The van der Waals surface area contributed by atoms with Gasteiger partial charge in [-0.1, -0.05) is 40.2 Å². The Hall–Kier alpha value is 0.806. The van der Waals surface area contributed by atoms with Crippen molar-refractivity contribution in [3.8, 4) is 0 Å². The van der Waals surface area contributed by atoms with Gasteiger partial charge in [0.2, 0.25) is 0 Å². The molecule has 0 aliphatic carbocycles. The fraction of sp³-hybridized carbons (Fsp3) is 0.222. The summed E-state index contributed by atoms with van der Waals surface area (Å²) in [6, 6.07) is 7.39. The third-order valence-corrected chi connectivity index (χ3v) is 2.17. The van der Waals surface area contributed by atoms with Gasteiger partial charge in [0.15, 0.2) is 0 Å². The predicted octanol–water partition coefficient (Wildman–Crippen LogP) is -2.12. The average molecular weight is 267 g/mol. The summed E-state index contributed by atoms with van der Waals surface area (Å²) in [5.74, 6) is -1.04. The molecule has 13 heavy (non-hydrogen) atoms. The Kier molecular flexibility index (Phi) is 7.59. The first-order valence-electron chi connectivity index (χ1n) is 3.56. The van der Waals surface area contributed by atoms with Gasteiger partial charge in [0.25, 0.3) is 0 Å². The van der Waals surface area contributed by atoms with Crippen molar-refractivity contribution in [2.24, 2.45) is 0 Å². The normalized spacial score (nSPS) is 9.00. The monoisotopic (exact) mass is 266 g/mol. The molecule has 0 N–H and O–H groups in total. The first-order valence-corrected chi connectivity index (χ1v) is 4.68. The molecule has 64 valence electrons. The van der Waals surface area contributed by atoms with E-state index in [1.807, 2.05) is 12.1 Å². The van der Waals surface area contributed by atoms with Crippen LogP contribution < -0.4 is 56.5 Å². The third-order valence-electron chi connectivity index (χ3n) is 1.53. The van der Waals surface area contributed by atoms with E-state index in [0.717, 1.165) is 16.5 Å². The Morgan fingerprint density at radius 3 is 2.08 bits per heavy atom. The largest absolute Gasteiger partial charge is 1.00 e. The van der Waals surface area contributed by atoms with E-state index in [2.05, 4.69) is 15.9 Å². The van der Waals surface area contributed by atoms with Crippen molar-refractivity contribution in [3.05, 3.63) is 35.4 Å². The zero-order chi connectivity index (χ0) is 8.97. The van der Waals surface area contributed by atoms with Gasteiger partial charge < -0.3 is 9.90 Å². The van der Waals surface area contributed by atoms with Crippen LogP contribution in [0, 0.1) is 0 Å². The van der Waals surface area contributed by atoms with Crippen LogP contribution in [0.2, 0.25) is 0 Å². The summed E-state index contributed by atoms with van der Waals surface area (Å²) >= 11 is 3.30. The molecule has 1 aromatic rings. The van der Waals surface area contributed by atoms with Gasteiger partial charge in [-0.25, -0.2) is 0 Å². The van der Waals surface area contributed by atoms with Crippen LogP contribution in [0.4, 0.5) is 0 Å². The van der Waals surface area contributed by atoms with Crippen LogP contribution in [-0.2, 0) is 16.5 Å². The Labute approximate surface area is 128 Å². The van der Waals surface area contributed by atoms with E-state index in [9.17, 15) is 9.90 Å². The van der Waals surface area contributed by atoms with Gasteiger partial charge in [0, 0.05) is 17.7 Å². The second-order valence-electron chi connectivity index (χ2n) is 2.50. The Morgan fingerprint density at radius 1 is 1.23 bits per heavy atom. The van der Waals surface area contributed by atoms with Crippen LogP contribution in [0.15, 0.2) is 24.3 Å². The molecule has 4 heteroatoms. The van der Waals surface area contributed by atoms with Crippen LogP contribution in [0.25, 0.3) is 0 Å². The molecule has 0 amide bonds. The van der Waals surface area contributed by atoms with Gasteiger partial charge in [-0.15, -0.1) is 0 Å². The van der Waals surface area contributed by atoms with Gasteiger partial charge in [0.05, 0.1) is 0 Å². The van der Waals surface area contributed by atoms with Crippen molar-refractivity contribution in [2.75, 3.05) is 0 Å². The molecule has 0 saturated heterocycles. The Morgan fingerprint density at radius 2 is 1.69 bits per heavy atom. The topological polar surface area (TPSA) is 40.1 Å². The van der Waals surface area contributed by atoms with Gasteiger partial charge in [0.1, 0.15) is 0 Å². The molecular formula is C9H8BrKO2. The standard InChI is InChI=1S/C9H9BrO2.K/c10-6-8-3-1-7(2-4-8)5-9(11)12;/h1-4H,5-6H2,(H,11,12);/q;+1/p-1. The van der Waals surface area contributed by atoms with Gasteiger partial charge in [-0.3, -0.25) is 0 Å². The van der Waals surface area contributed by atoms with Gasteiger partial charge in [-0.2, -0.15) is 0 Å². The predicted molar refractivity (Wildman–Crippen MR) is 47.8 cm³/mol. The molecular weight excluding hydrogens is 259 g/mol. The minimum absolute atomic E-state index is 0. The first-order chi connectivity index (χ1) is 5.72. The zero-order valence-electron chi connectivity index (χ0n) is 7.42. The van der Waals surface area contributed by atoms with Crippen molar-refractivity contribution in [3.63, 3.8) is 0 Å². The molecule has 0 heterocycles. The summed E-state index contributed by atoms with van der Waals surface area (Å²) < 4.78 is 0. The summed E-state index contributed by atoms with van der Waals surface area (Å²) in [6.45, 7) is 0. The van der Waals surface area contributed by atoms with Gasteiger partial charge in [-0.05, 0) is 11.1 Å². The molecule has 0 spiro atoms. The minimum atomic E-state index is -1.04. The van der Waals surface area contributed by atoms with E-state index in [-0.39, 0.29) is 57.8 Å². The molecule has 0 aliphatic heterocycles. The Balaban J connectivity index is 0.00000144. The number of carbonyl (C=O) groups excluding carboxylic acids is 1. The number of hydrogen-bond donors (Lipinski definition) is 0. The second-order valence-corrected chi connectivity index (χ2v) is 3.06. The molecule has 0 atom stereocenters. The summed E-state index contributed by atoms with van der Waals surface area (Å²) in [4.78, 5) is 10.2. The quantitative estimate of drug-likeness (QED) is 0.464. The van der Waals surface area contributed by atoms with Crippen molar-refractivity contribution >= 4 is 21.9 Å². The fourth-order valence-electron chi connectivity index (χ4n) is 0.913. The van der Waals surface area contributed by atoms with E-state index >= 15 is 0 Å². The number of benzene rings is 1. The van der Waals surface area contributed by atoms with Crippen LogP contribution >= 0.6 is 15.9 Å². The van der Waals surface area contributed by atoms with E-state index in [4.69, 9.17) is 0 Å². The molecule has 2 nitrogen and oxygen atoms in total. The van der Waals surface area contributed by atoms with Crippen LogP contribution in [0.3, 0.4) is 0 Å². The molecule has 0 aliphatic rings. The van der Waals surface area contributed by atoms with Gasteiger partial charge >= 0.3 is 51.4 Å². The number of alkyl halides is 1. The summed E-state index contributed by atoms with van der Waals surface area (Å²) in [5, 5.41) is 11.0. The maximum Gasteiger partial charge on any atom is 1.00 e. The molecule has 0 radical (unpaired) electrons. The number of carboxylic acid groups (broad SMARTS) is 1. The molecule has 0 bridgehead atoms. The van der Waals surface area contributed by atoms with E-state index in [1.54, 1.807) is 12.1 Å².